The van der Waals surface area contributed by atoms with Crippen LogP contribution in [0.4, 0.5) is 10.1 Å². The van der Waals surface area contributed by atoms with E-state index in [4.69, 9.17) is 0 Å². The van der Waals surface area contributed by atoms with Gasteiger partial charge in [0.15, 0.2) is 0 Å². The van der Waals surface area contributed by atoms with Crippen LogP contribution in [0.5, 0.6) is 0 Å². The van der Waals surface area contributed by atoms with Gasteiger partial charge in [0.25, 0.3) is 0 Å². The van der Waals surface area contributed by atoms with E-state index in [0.29, 0.717) is 6.54 Å². The maximum Gasteiger partial charge on any atom is 0.228 e. The van der Waals surface area contributed by atoms with E-state index in [1.807, 2.05) is 37.3 Å². The molecule has 0 aromatic heterocycles. The summed E-state index contributed by atoms with van der Waals surface area (Å²) in [5.74, 6) is -0.646. The summed E-state index contributed by atoms with van der Waals surface area (Å²) in [6, 6.07) is 15.2. The molecule has 0 spiro atoms. The predicted octanol–water partition coefficient (Wildman–Crippen LogP) is 3.03. The van der Waals surface area contributed by atoms with E-state index in [0.717, 1.165) is 16.2 Å². The molecule has 0 unspecified atom stereocenters. The first-order valence-electron chi connectivity index (χ1n) is 8.37. The van der Waals surface area contributed by atoms with Gasteiger partial charge in [-0.15, -0.1) is 0 Å². The lowest BCUT2D eigenvalue weighted by molar-refractivity contribution is -0.118. The maximum atomic E-state index is 13.8. The molecule has 0 atom stereocenters. The molecule has 0 fully saturated rings. The van der Waals surface area contributed by atoms with Crippen LogP contribution in [-0.2, 0) is 21.4 Å². The number of anilines is 1. The lowest BCUT2D eigenvalue weighted by Crippen LogP contribution is -2.36. The van der Waals surface area contributed by atoms with Crippen molar-refractivity contribution in [3.05, 3.63) is 66.0 Å². The fourth-order valence-corrected chi connectivity index (χ4v) is 3.44. The minimum atomic E-state index is -3.58. The third-order valence-corrected chi connectivity index (χ3v) is 5.28. The number of sulfonamides is 1. The molecule has 5 nitrogen and oxygen atoms in total. The molecule has 26 heavy (non-hydrogen) atoms. The molecule has 0 aliphatic rings. The third kappa shape index (κ3) is 5.37. The van der Waals surface area contributed by atoms with Crippen LogP contribution in [0.25, 0.3) is 0 Å². The van der Waals surface area contributed by atoms with Gasteiger partial charge in [0.2, 0.25) is 15.9 Å². The van der Waals surface area contributed by atoms with Crippen LogP contribution in [0, 0.1) is 5.82 Å². The second-order valence-corrected chi connectivity index (χ2v) is 7.89. The van der Waals surface area contributed by atoms with E-state index in [1.165, 1.54) is 12.1 Å². The molecule has 0 aliphatic heterocycles. The van der Waals surface area contributed by atoms with Gasteiger partial charge in [-0.25, -0.2) is 12.8 Å². The molecular formula is C19H23FN2O3S. The minimum absolute atomic E-state index is 0.00463. The van der Waals surface area contributed by atoms with E-state index in [2.05, 4.69) is 0 Å². The maximum absolute atomic E-state index is 13.8. The average molecular weight is 378 g/mol. The second-order valence-electron chi connectivity index (χ2n) is 5.91. The number of amides is 1. The Morgan fingerprint density at radius 1 is 1.04 bits per heavy atom. The van der Waals surface area contributed by atoms with Crippen LogP contribution < -0.4 is 4.90 Å². The molecule has 1 amide bonds. The van der Waals surface area contributed by atoms with Gasteiger partial charge in [-0.3, -0.25) is 4.79 Å². The summed E-state index contributed by atoms with van der Waals surface area (Å²) in [5, 5.41) is 0. The van der Waals surface area contributed by atoms with E-state index in [-0.39, 0.29) is 31.0 Å². The summed E-state index contributed by atoms with van der Waals surface area (Å²) >= 11 is 0. The van der Waals surface area contributed by atoms with E-state index in [1.54, 1.807) is 17.0 Å². The zero-order valence-corrected chi connectivity index (χ0v) is 15.7. The van der Waals surface area contributed by atoms with Crippen molar-refractivity contribution in [3.63, 3.8) is 0 Å². The first kappa shape index (κ1) is 20.1. The van der Waals surface area contributed by atoms with Crippen LogP contribution in [0.15, 0.2) is 54.6 Å². The number of benzene rings is 2. The van der Waals surface area contributed by atoms with Gasteiger partial charge in [0, 0.05) is 37.3 Å². The quantitative estimate of drug-likeness (QED) is 0.709. The number of hydrogen-bond acceptors (Lipinski definition) is 3. The number of halogens is 1. The molecule has 7 heteroatoms. The highest BCUT2D eigenvalue weighted by Crippen LogP contribution is 2.16. The highest BCUT2D eigenvalue weighted by atomic mass is 32.2. The van der Waals surface area contributed by atoms with Crippen molar-refractivity contribution in [1.82, 2.24) is 4.31 Å². The van der Waals surface area contributed by atoms with E-state index in [9.17, 15) is 17.6 Å². The fourth-order valence-electron chi connectivity index (χ4n) is 2.64. The van der Waals surface area contributed by atoms with Crippen molar-refractivity contribution in [2.24, 2.45) is 0 Å². The number of para-hydroxylation sites is 1. The van der Waals surface area contributed by atoms with Crippen LogP contribution >= 0.6 is 0 Å². The Bertz CT molecular complexity index is 841. The molecule has 2 aromatic rings. The van der Waals surface area contributed by atoms with Crippen molar-refractivity contribution >= 4 is 21.6 Å². The Morgan fingerprint density at radius 2 is 1.65 bits per heavy atom. The average Bonchev–Trinajstić information content (AvgIpc) is 2.60. The number of carbonyl (C=O) groups is 1. The molecular weight excluding hydrogens is 355 g/mol. The van der Waals surface area contributed by atoms with Gasteiger partial charge >= 0.3 is 0 Å². The first-order chi connectivity index (χ1) is 12.3. The third-order valence-electron chi connectivity index (χ3n) is 4.03. The lowest BCUT2D eigenvalue weighted by Gasteiger charge is -2.24. The van der Waals surface area contributed by atoms with Crippen LogP contribution in [0.2, 0.25) is 0 Å². The number of hydrogen-bond donors (Lipinski definition) is 0. The summed E-state index contributed by atoms with van der Waals surface area (Å²) in [7, 11) is -3.58. The SMILES string of the molecule is CCN(C(=O)CCN(Cc1ccccc1F)S(C)(=O)=O)c1ccccc1. The summed E-state index contributed by atoms with van der Waals surface area (Å²) in [5.41, 5.74) is 1.04. The van der Waals surface area contributed by atoms with Gasteiger partial charge in [0.05, 0.1) is 6.26 Å². The summed E-state index contributed by atoms with van der Waals surface area (Å²) in [4.78, 5) is 14.2. The fraction of sp³-hybridized carbons (Fsp3) is 0.316. The van der Waals surface area contributed by atoms with Crippen LogP contribution in [0.3, 0.4) is 0 Å². The van der Waals surface area contributed by atoms with Crippen LogP contribution in [-0.4, -0.2) is 38.0 Å². The van der Waals surface area contributed by atoms with Crippen LogP contribution in [0.1, 0.15) is 18.9 Å². The number of carbonyl (C=O) groups excluding carboxylic acids is 1. The van der Waals surface area contributed by atoms with Crippen molar-refractivity contribution < 1.29 is 17.6 Å². The van der Waals surface area contributed by atoms with Crippen molar-refractivity contribution in [3.8, 4) is 0 Å². The van der Waals surface area contributed by atoms with Gasteiger partial charge in [-0.1, -0.05) is 36.4 Å². The smallest absolute Gasteiger partial charge is 0.228 e. The highest BCUT2D eigenvalue weighted by Gasteiger charge is 2.21. The zero-order valence-electron chi connectivity index (χ0n) is 14.9. The summed E-state index contributed by atoms with van der Waals surface area (Å²) in [6.07, 6.45) is 1.08. The normalized spacial score (nSPS) is 11.5. The van der Waals surface area contributed by atoms with Gasteiger partial charge in [0.1, 0.15) is 5.82 Å². The Kier molecular flexibility index (Phi) is 6.88. The Hall–Kier alpha value is -2.25. The predicted molar refractivity (Wildman–Crippen MR) is 101 cm³/mol. The molecule has 0 N–H and O–H groups in total. The van der Waals surface area contributed by atoms with E-state index < -0.39 is 15.8 Å². The molecule has 0 heterocycles. The van der Waals surface area contributed by atoms with Crippen molar-refractivity contribution in [2.45, 2.75) is 19.9 Å². The molecule has 140 valence electrons. The van der Waals surface area contributed by atoms with Gasteiger partial charge in [-0.05, 0) is 25.1 Å². The topological polar surface area (TPSA) is 57.7 Å². The summed E-state index contributed by atoms with van der Waals surface area (Å²) in [6.45, 7) is 2.24. The summed E-state index contributed by atoms with van der Waals surface area (Å²) < 4.78 is 39.1. The zero-order chi connectivity index (χ0) is 19.2. The Morgan fingerprint density at radius 3 is 2.23 bits per heavy atom. The van der Waals surface area contributed by atoms with Crippen molar-refractivity contribution in [2.75, 3.05) is 24.2 Å². The molecule has 0 saturated heterocycles. The van der Waals surface area contributed by atoms with Gasteiger partial charge in [-0.2, -0.15) is 4.31 Å². The Labute approximate surface area is 154 Å². The largest absolute Gasteiger partial charge is 0.313 e. The molecule has 0 aliphatic carbocycles. The van der Waals surface area contributed by atoms with E-state index >= 15 is 0 Å². The standard InChI is InChI=1S/C19H23FN2O3S/c1-3-22(17-10-5-4-6-11-17)19(23)13-14-21(26(2,24)25)15-16-9-7-8-12-18(16)20/h4-12H,3,13-15H2,1-2H3. The minimum Gasteiger partial charge on any atom is -0.313 e. The molecule has 0 bridgehead atoms. The number of nitrogens with zero attached hydrogens (tertiary/aromatic N) is 2. The molecule has 0 saturated carbocycles. The Balaban J connectivity index is 2.09. The number of rotatable bonds is 8. The molecule has 2 aromatic carbocycles. The van der Waals surface area contributed by atoms with Crippen molar-refractivity contribution in [1.29, 1.82) is 0 Å². The second kappa shape index (κ2) is 8.91. The lowest BCUT2D eigenvalue weighted by atomic mass is 10.2. The molecule has 2 rings (SSSR count). The first-order valence-corrected chi connectivity index (χ1v) is 10.2. The van der Waals surface area contributed by atoms with Gasteiger partial charge < -0.3 is 4.90 Å². The monoisotopic (exact) mass is 378 g/mol. The highest BCUT2D eigenvalue weighted by molar-refractivity contribution is 7.88. The molecule has 0 radical (unpaired) electrons.